The highest BCUT2D eigenvalue weighted by Crippen LogP contribution is 2.40. The van der Waals surface area contributed by atoms with Gasteiger partial charge in [0.15, 0.2) is 0 Å². The molecule has 27 heavy (non-hydrogen) atoms. The van der Waals surface area contributed by atoms with Crippen molar-refractivity contribution in [2.24, 2.45) is 0 Å². The lowest BCUT2D eigenvalue weighted by molar-refractivity contribution is 0.648. The van der Waals surface area contributed by atoms with Crippen molar-refractivity contribution in [1.82, 2.24) is 9.97 Å². The summed E-state index contributed by atoms with van der Waals surface area (Å²) >= 11 is 14.2. The maximum absolute atomic E-state index is 6.28. The second kappa shape index (κ2) is 7.12. The van der Waals surface area contributed by atoms with Crippen LogP contribution in [0.3, 0.4) is 0 Å². The van der Waals surface area contributed by atoms with Gasteiger partial charge in [-0.15, -0.1) is 11.3 Å². The maximum atomic E-state index is 6.28. The van der Waals surface area contributed by atoms with Crippen LogP contribution in [0.15, 0.2) is 24.3 Å². The zero-order valence-electron chi connectivity index (χ0n) is 14.9. The van der Waals surface area contributed by atoms with E-state index >= 15 is 0 Å². The Morgan fingerprint density at radius 2 is 1.70 bits per heavy atom. The number of rotatable bonds is 2. The minimum absolute atomic E-state index is 0.355. The van der Waals surface area contributed by atoms with Crippen molar-refractivity contribution in [3.8, 4) is 0 Å². The van der Waals surface area contributed by atoms with Crippen LogP contribution in [0.4, 0.5) is 11.5 Å². The van der Waals surface area contributed by atoms with Crippen molar-refractivity contribution < 1.29 is 0 Å². The molecule has 0 radical (unpaired) electrons. The Hall–Kier alpha value is -1.56. The van der Waals surface area contributed by atoms with Crippen LogP contribution in [0.5, 0.6) is 0 Å². The number of fused-ring (bicyclic) bond motifs is 3. The molecule has 7 heteroatoms. The van der Waals surface area contributed by atoms with E-state index in [9.17, 15) is 0 Å². The number of anilines is 2. The van der Waals surface area contributed by atoms with Crippen LogP contribution in [0.25, 0.3) is 10.2 Å². The van der Waals surface area contributed by atoms with Crippen molar-refractivity contribution in [2.75, 3.05) is 36.0 Å². The minimum atomic E-state index is 0.355. The highest BCUT2D eigenvalue weighted by Gasteiger charge is 2.26. The zero-order valence-corrected chi connectivity index (χ0v) is 17.2. The molecule has 1 saturated heterocycles. The molecular weight excluding hydrogens is 399 g/mol. The number of aromatic nitrogens is 2. The molecule has 2 aromatic heterocycles. The third-order valence-electron chi connectivity index (χ3n) is 5.52. The summed E-state index contributed by atoms with van der Waals surface area (Å²) in [6.07, 6.45) is 4.82. The van der Waals surface area contributed by atoms with Gasteiger partial charge in [-0.05, 0) is 61.0 Å². The number of piperazine rings is 1. The van der Waals surface area contributed by atoms with Crippen molar-refractivity contribution in [3.05, 3.63) is 45.0 Å². The van der Waals surface area contributed by atoms with E-state index in [1.165, 1.54) is 34.4 Å². The molecule has 0 bridgehead atoms. The standard InChI is InChI=1S/C20H20Cl2N4S/c21-13-4-3-5-14(12-13)25-8-10-26(11-9-25)18-17-15-6-1-2-7-16(15)27-19(17)24-20(22)23-18/h3-5,12H,1-2,6-11H2. The Morgan fingerprint density at radius 3 is 2.52 bits per heavy atom. The quantitative estimate of drug-likeness (QED) is 0.535. The topological polar surface area (TPSA) is 32.3 Å². The van der Waals surface area contributed by atoms with Crippen LogP contribution in [0.2, 0.25) is 10.3 Å². The van der Waals surface area contributed by atoms with Gasteiger partial charge in [-0.3, -0.25) is 0 Å². The van der Waals surface area contributed by atoms with Gasteiger partial charge in [-0.1, -0.05) is 17.7 Å². The summed E-state index contributed by atoms with van der Waals surface area (Å²) in [6, 6.07) is 8.08. The molecule has 0 spiro atoms. The summed E-state index contributed by atoms with van der Waals surface area (Å²) in [4.78, 5) is 16.5. The fraction of sp³-hybridized carbons (Fsp3) is 0.400. The number of hydrogen-bond acceptors (Lipinski definition) is 5. The van der Waals surface area contributed by atoms with Gasteiger partial charge >= 0.3 is 0 Å². The first-order valence-electron chi connectivity index (χ1n) is 9.42. The van der Waals surface area contributed by atoms with E-state index < -0.39 is 0 Å². The van der Waals surface area contributed by atoms with Gasteiger partial charge in [0.1, 0.15) is 10.6 Å². The first kappa shape index (κ1) is 17.5. The van der Waals surface area contributed by atoms with Gasteiger partial charge in [-0.2, -0.15) is 4.98 Å². The largest absolute Gasteiger partial charge is 0.368 e. The average molecular weight is 419 g/mol. The fourth-order valence-corrected chi connectivity index (χ4v) is 5.85. The Bertz CT molecular complexity index is 995. The van der Waals surface area contributed by atoms with E-state index in [4.69, 9.17) is 23.2 Å². The second-order valence-corrected chi connectivity index (χ2v) is 9.02. The Labute approximate surface area is 172 Å². The van der Waals surface area contributed by atoms with Crippen molar-refractivity contribution in [1.29, 1.82) is 0 Å². The SMILES string of the molecule is Clc1cccc(N2CCN(c3nc(Cl)nc4sc5c(c34)CCCC5)CC2)c1. The van der Waals surface area contributed by atoms with E-state index in [2.05, 4.69) is 25.8 Å². The van der Waals surface area contributed by atoms with Crippen LogP contribution < -0.4 is 9.80 Å². The van der Waals surface area contributed by atoms with Gasteiger partial charge in [-0.25, -0.2) is 4.98 Å². The van der Waals surface area contributed by atoms with Crippen LogP contribution in [-0.2, 0) is 12.8 Å². The number of halogens is 2. The number of hydrogen-bond donors (Lipinski definition) is 0. The summed E-state index contributed by atoms with van der Waals surface area (Å²) < 4.78 is 0. The van der Waals surface area contributed by atoms with E-state index in [-0.39, 0.29) is 0 Å². The maximum Gasteiger partial charge on any atom is 0.225 e. The van der Waals surface area contributed by atoms with Crippen molar-refractivity contribution in [2.45, 2.75) is 25.7 Å². The van der Waals surface area contributed by atoms with Gasteiger partial charge in [0.05, 0.1) is 5.39 Å². The lowest BCUT2D eigenvalue weighted by Gasteiger charge is -2.37. The number of benzene rings is 1. The molecule has 0 amide bonds. The number of nitrogens with zero attached hydrogens (tertiary/aromatic N) is 4. The van der Waals surface area contributed by atoms with Crippen molar-refractivity contribution >= 4 is 56.3 Å². The summed E-state index contributed by atoms with van der Waals surface area (Å²) in [6.45, 7) is 3.71. The van der Waals surface area contributed by atoms with Gasteiger partial charge < -0.3 is 9.80 Å². The van der Waals surface area contributed by atoms with Gasteiger partial charge in [0.2, 0.25) is 5.28 Å². The molecule has 1 aliphatic heterocycles. The molecule has 3 heterocycles. The van der Waals surface area contributed by atoms with Gasteiger partial charge in [0.25, 0.3) is 0 Å². The Kier molecular flexibility index (Phi) is 4.62. The van der Waals surface area contributed by atoms with Crippen LogP contribution >= 0.6 is 34.5 Å². The van der Waals surface area contributed by atoms with Crippen LogP contribution in [0.1, 0.15) is 23.3 Å². The Balaban J connectivity index is 1.45. The smallest absolute Gasteiger partial charge is 0.225 e. The number of thiophene rings is 1. The minimum Gasteiger partial charge on any atom is -0.368 e. The summed E-state index contributed by atoms with van der Waals surface area (Å²) in [5.41, 5.74) is 2.64. The molecule has 140 valence electrons. The van der Waals surface area contributed by atoms with Gasteiger partial charge in [0, 0.05) is 41.8 Å². The lowest BCUT2D eigenvalue weighted by Crippen LogP contribution is -2.47. The molecule has 1 aromatic carbocycles. The fourth-order valence-electron chi connectivity index (χ4n) is 4.19. The molecule has 0 saturated carbocycles. The van der Waals surface area contributed by atoms with E-state index in [0.717, 1.165) is 54.7 Å². The second-order valence-electron chi connectivity index (χ2n) is 7.16. The average Bonchev–Trinajstić information content (AvgIpc) is 3.05. The van der Waals surface area contributed by atoms with Crippen LogP contribution in [-0.4, -0.2) is 36.1 Å². The highest BCUT2D eigenvalue weighted by molar-refractivity contribution is 7.19. The Morgan fingerprint density at radius 1 is 0.926 bits per heavy atom. The predicted octanol–water partition coefficient (Wildman–Crippen LogP) is 5.20. The zero-order chi connectivity index (χ0) is 18.4. The summed E-state index contributed by atoms with van der Waals surface area (Å²) in [5.74, 6) is 1.02. The molecule has 1 aliphatic carbocycles. The van der Waals surface area contributed by atoms with E-state index in [1.807, 2.05) is 18.2 Å². The van der Waals surface area contributed by atoms with E-state index in [1.54, 1.807) is 11.3 Å². The monoisotopic (exact) mass is 418 g/mol. The molecule has 2 aliphatic rings. The van der Waals surface area contributed by atoms with E-state index in [0.29, 0.717) is 5.28 Å². The third-order valence-corrected chi connectivity index (χ3v) is 7.11. The number of aryl methyl sites for hydroxylation is 2. The molecule has 5 rings (SSSR count). The predicted molar refractivity (Wildman–Crippen MR) is 115 cm³/mol. The first-order valence-corrected chi connectivity index (χ1v) is 11.0. The summed E-state index contributed by atoms with van der Waals surface area (Å²) in [5, 5.41) is 2.38. The molecule has 1 fully saturated rings. The molecule has 3 aromatic rings. The molecule has 0 unspecified atom stereocenters. The molecular formula is C20H20Cl2N4S. The lowest BCUT2D eigenvalue weighted by atomic mass is 9.97. The van der Waals surface area contributed by atoms with Crippen molar-refractivity contribution in [3.63, 3.8) is 0 Å². The normalized spacial score (nSPS) is 17.4. The van der Waals surface area contributed by atoms with Crippen LogP contribution in [0, 0.1) is 0 Å². The molecule has 0 N–H and O–H groups in total. The molecule has 0 atom stereocenters. The molecule has 4 nitrogen and oxygen atoms in total. The highest BCUT2D eigenvalue weighted by atomic mass is 35.5. The summed E-state index contributed by atoms with van der Waals surface area (Å²) in [7, 11) is 0. The first-order chi connectivity index (χ1) is 13.2. The third kappa shape index (κ3) is 3.26.